The number of para-hydroxylation sites is 1. The molecule has 15 nitrogen and oxygen atoms in total. The molecule has 4 saturated heterocycles. The Morgan fingerprint density at radius 1 is 0.603 bits per heavy atom. The number of nitrogens with one attached hydrogen (secondary N) is 4. The van der Waals surface area contributed by atoms with Gasteiger partial charge < -0.3 is 45.8 Å². The van der Waals surface area contributed by atoms with Crippen LogP contribution in [0, 0.1) is 10.8 Å². The van der Waals surface area contributed by atoms with Crippen molar-refractivity contribution in [1.29, 1.82) is 0 Å². The maximum absolute atomic E-state index is 14.0. The molecule has 0 spiro atoms. The lowest BCUT2D eigenvalue weighted by Crippen LogP contribution is -2.57. The molecule has 7 rings (SSSR count). The van der Waals surface area contributed by atoms with E-state index >= 15 is 0 Å². The van der Waals surface area contributed by atoms with Gasteiger partial charge in [0.05, 0.1) is 0 Å². The standard InChI is InChI=1S/C48H63N9O6/c1-47(2,3)39(56-28-24-49-45(56)62)43(60)54-26-10-14-37(54)41(58)51-34-20-16-32(17-21-34)30-53(36-12-8-7-9-13-36)31-33-18-22-35(23-19-33)52-42(59)38-15-11-27-55(38)44(61)40(48(4,5)6)57-29-25-50-46(57)63/h7-9,12-13,16-23,37-40H,10-11,14-15,24-31H2,1-6H3,(H,49,62)(H,50,63)(H,51,58)(H,52,59). The Hall–Kier alpha value is -6.12. The monoisotopic (exact) mass is 861 g/mol. The normalized spacial score (nSPS) is 20.0. The predicted octanol–water partition coefficient (Wildman–Crippen LogP) is 5.63. The van der Waals surface area contributed by atoms with Gasteiger partial charge in [0.25, 0.3) is 0 Å². The van der Waals surface area contributed by atoms with Crippen molar-refractivity contribution in [3.05, 3.63) is 90.0 Å². The third-order valence-corrected chi connectivity index (χ3v) is 12.5. The van der Waals surface area contributed by atoms with E-state index in [1.54, 1.807) is 19.6 Å². The molecular weight excluding hydrogens is 799 g/mol. The molecule has 0 saturated carbocycles. The summed E-state index contributed by atoms with van der Waals surface area (Å²) in [6.45, 7) is 15.7. The third kappa shape index (κ3) is 10.2. The molecule has 63 heavy (non-hydrogen) atoms. The van der Waals surface area contributed by atoms with Crippen molar-refractivity contribution >= 4 is 52.8 Å². The first-order valence-corrected chi connectivity index (χ1v) is 22.3. The second kappa shape index (κ2) is 18.7. The smallest absolute Gasteiger partial charge is 0.318 e. The van der Waals surface area contributed by atoms with Gasteiger partial charge in [0, 0.05) is 69.4 Å². The van der Waals surface area contributed by atoms with Crippen LogP contribution in [-0.4, -0.2) is 119 Å². The first kappa shape index (κ1) is 44.9. The Bertz CT molecular complexity index is 2020. The predicted molar refractivity (Wildman–Crippen MR) is 243 cm³/mol. The van der Waals surface area contributed by atoms with Gasteiger partial charge in [-0.25, -0.2) is 9.59 Å². The molecule has 4 atom stereocenters. The summed E-state index contributed by atoms with van der Waals surface area (Å²) >= 11 is 0. The molecule has 0 radical (unpaired) electrons. The highest BCUT2D eigenvalue weighted by atomic mass is 16.2. The lowest BCUT2D eigenvalue weighted by molar-refractivity contribution is -0.143. The summed E-state index contributed by atoms with van der Waals surface area (Å²) in [4.78, 5) is 89.3. The van der Waals surface area contributed by atoms with Crippen molar-refractivity contribution in [3.8, 4) is 0 Å². The fourth-order valence-corrected chi connectivity index (χ4v) is 9.48. The van der Waals surface area contributed by atoms with Crippen molar-refractivity contribution in [2.45, 2.75) is 104 Å². The van der Waals surface area contributed by atoms with E-state index in [-0.39, 0.29) is 35.7 Å². The summed E-state index contributed by atoms with van der Waals surface area (Å²) in [5.41, 5.74) is 3.34. The minimum atomic E-state index is -0.675. The summed E-state index contributed by atoms with van der Waals surface area (Å²) in [7, 11) is 0. The fraction of sp³-hybridized carbons (Fsp3) is 0.500. The molecule has 8 amide bonds. The summed E-state index contributed by atoms with van der Waals surface area (Å²) < 4.78 is 0. The second-order valence-corrected chi connectivity index (χ2v) is 19.3. The van der Waals surface area contributed by atoms with Gasteiger partial charge in [0.2, 0.25) is 23.6 Å². The number of benzene rings is 3. The van der Waals surface area contributed by atoms with Gasteiger partial charge in [0.1, 0.15) is 24.2 Å². The number of hydrogen-bond acceptors (Lipinski definition) is 7. The molecule has 3 aromatic carbocycles. The topological polar surface area (TPSA) is 167 Å². The number of anilines is 3. The maximum Gasteiger partial charge on any atom is 0.318 e. The van der Waals surface area contributed by atoms with E-state index in [2.05, 4.69) is 38.3 Å². The minimum Gasteiger partial charge on any atom is -0.363 e. The number of urea groups is 2. The minimum absolute atomic E-state index is 0.197. The first-order chi connectivity index (χ1) is 30.0. The number of rotatable bonds is 13. The number of hydrogen-bond donors (Lipinski definition) is 4. The Kier molecular flexibility index (Phi) is 13.3. The summed E-state index contributed by atoms with van der Waals surface area (Å²) in [6.07, 6.45) is 2.52. The molecule has 4 aliphatic rings. The molecule has 15 heteroatoms. The van der Waals surface area contributed by atoms with Crippen molar-refractivity contribution < 1.29 is 28.8 Å². The van der Waals surface area contributed by atoms with E-state index in [4.69, 9.17) is 0 Å². The largest absolute Gasteiger partial charge is 0.363 e. The van der Waals surface area contributed by atoms with Crippen LogP contribution in [0.5, 0.6) is 0 Å². The Balaban J connectivity index is 0.972. The van der Waals surface area contributed by atoms with Crippen LogP contribution < -0.4 is 26.2 Å². The Morgan fingerprint density at radius 3 is 1.35 bits per heavy atom. The third-order valence-electron chi connectivity index (χ3n) is 12.5. The highest BCUT2D eigenvalue weighted by Crippen LogP contribution is 2.33. The van der Waals surface area contributed by atoms with Crippen LogP contribution in [0.1, 0.15) is 78.4 Å². The highest BCUT2D eigenvalue weighted by Gasteiger charge is 2.48. The molecule has 0 bridgehead atoms. The van der Waals surface area contributed by atoms with Crippen LogP contribution in [0.25, 0.3) is 0 Å². The average molecular weight is 862 g/mol. The quantitative estimate of drug-likeness (QED) is 0.173. The van der Waals surface area contributed by atoms with Gasteiger partial charge in [-0.15, -0.1) is 0 Å². The van der Waals surface area contributed by atoms with E-state index in [0.29, 0.717) is 89.4 Å². The Labute approximate surface area is 370 Å². The van der Waals surface area contributed by atoms with Gasteiger partial charge in [-0.3, -0.25) is 19.2 Å². The molecule has 0 aromatic heterocycles. The fourth-order valence-electron chi connectivity index (χ4n) is 9.48. The van der Waals surface area contributed by atoms with Crippen molar-refractivity contribution in [2.24, 2.45) is 10.8 Å². The molecule has 4 heterocycles. The van der Waals surface area contributed by atoms with Crippen LogP contribution in [0.15, 0.2) is 78.9 Å². The summed E-state index contributed by atoms with van der Waals surface area (Å²) in [6, 6.07) is 22.5. The van der Waals surface area contributed by atoms with E-state index in [1.807, 2.05) is 108 Å². The number of amides is 8. The number of carbonyl (C=O) groups is 6. The molecule has 4 aliphatic heterocycles. The van der Waals surface area contributed by atoms with Crippen LogP contribution in [0.2, 0.25) is 0 Å². The zero-order valence-corrected chi connectivity index (χ0v) is 37.5. The van der Waals surface area contributed by atoms with Crippen molar-refractivity contribution in [3.63, 3.8) is 0 Å². The van der Waals surface area contributed by atoms with Crippen molar-refractivity contribution in [2.75, 3.05) is 54.8 Å². The number of nitrogens with zero attached hydrogens (tertiary/aromatic N) is 5. The highest BCUT2D eigenvalue weighted by molar-refractivity contribution is 6.00. The molecule has 4 fully saturated rings. The average Bonchev–Trinajstić information content (AvgIpc) is 4.08. The first-order valence-electron chi connectivity index (χ1n) is 22.3. The number of likely N-dealkylation sites (tertiary alicyclic amines) is 2. The lowest BCUT2D eigenvalue weighted by Gasteiger charge is -2.39. The molecule has 4 N–H and O–H groups in total. The van der Waals surface area contributed by atoms with Gasteiger partial charge in [0.15, 0.2) is 0 Å². The summed E-state index contributed by atoms with van der Waals surface area (Å²) in [5.74, 6) is -0.877. The van der Waals surface area contributed by atoms with E-state index in [9.17, 15) is 28.8 Å². The van der Waals surface area contributed by atoms with E-state index < -0.39 is 35.0 Å². The van der Waals surface area contributed by atoms with Gasteiger partial charge in [-0.1, -0.05) is 84.0 Å². The van der Waals surface area contributed by atoms with E-state index in [1.165, 1.54) is 0 Å². The van der Waals surface area contributed by atoms with Crippen LogP contribution in [0.3, 0.4) is 0 Å². The SMILES string of the molecule is CC(C)(C)C(C(=O)N1CCCC1C(=O)Nc1ccc(CN(Cc2ccc(NC(=O)C3CCCN3C(=O)C(N3CCNC3=O)C(C)(C)C)cc2)c2ccccc2)cc1)N1CCNC1=O. The van der Waals surface area contributed by atoms with Crippen LogP contribution in [0.4, 0.5) is 26.7 Å². The lowest BCUT2D eigenvalue weighted by atomic mass is 9.84. The number of carbonyl (C=O) groups excluding carboxylic acids is 6. The van der Waals surface area contributed by atoms with Gasteiger partial charge in [-0.05, 0) is 84.0 Å². The molecule has 4 unspecified atom stereocenters. The zero-order valence-electron chi connectivity index (χ0n) is 37.5. The molecular formula is C48H63N9O6. The van der Waals surface area contributed by atoms with Gasteiger partial charge >= 0.3 is 12.1 Å². The second-order valence-electron chi connectivity index (χ2n) is 19.3. The van der Waals surface area contributed by atoms with Crippen molar-refractivity contribution in [1.82, 2.24) is 30.2 Å². The molecule has 3 aromatic rings. The van der Waals surface area contributed by atoms with Crippen LogP contribution in [-0.2, 0) is 32.3 Å². The summed E-state index contributed by atoms with van der Waals surface area (Å²) in [5, 5.41) is 11.7. The van der Waals surface area contributed by atoms with E-state index in [0.717, 1.165) is 16.8 Å². The van der Waals surface area contributed by atoms with Gasteiger partial charge in [-0.2, -0.15) is 0 Å². The molecule has 336 valence electrons. The van der Waals surface area contributed by atoms with Crippen LogP contribution >= 0.6 is 0 Å². The molecule has 0 aliphatic carbocycles. The maximum atomic E-state index is 14.0. The zero-order chi connectivity index (χ0) is 45.1. The Morgan fingerprint density at radius 2 is 1.00 bits per heavy atom.